The van der Waals surface area contributed by atoms with Gasteiger partial charge >= 0.3 is 5.63 Å². The highest BCUT2D eigenvalue weighted by molar-refractivity contribution is 5.12. The molecular formula is C12H16O2. The normalized spacial score (nSPS) is 18.4. The van der Waals surface area contributed by atoms with Gasteiger partial charge in [0.1, 0.15) is 5.76 Å². The summed E-state index contributed by atoms with van der Waals surface area (Å²) in [5.74, 6) is 1.37. The van der Waals surface area contributed by atoms with Crippen LogP contribution in [0, 0.1) is 6.92 Å². The maximum atomic E-state index is 11.3. The smallest absolute Gasteiger partial charge is 0.338 e. The highest BCUT2D eigenvalue weighted by atomic mass is 16.4. The summed E-state index contributed by atoms with van der Waals surface area (Å²) >= 11 is 0. The van der Waals surface area contributed by atoms with E-state index in [1.165, 1.54) is 32.1 Å². The van der Waals surface area contributed by atoms with Gasteiger partial charge in [0, 0.05) is 11.5 Å². The molecule has 1 fully saturated rings. The lowest BCUT2D eigenvalue weighted by Crippen LogP contribution is -2.10. The highest BCUT2D eigenvalue weighted by Gasteiger charge is 2.17. The Morgan fingerprint density at radius 3 is 2.57 bits per heavy atom. The van der Waals surface area contributed by atoms with E-state index in [4.69, 9.17) is 4.42 Å². The minimum Gasteiger partial charge on any atom is -0.427 e. The average molecular weight is 192 g/mol. The minimum absolute atomic E-state index is 0.173. The molecule has 76 valence electrons. The van der Waals surface area contributed by atoms with Crippen molar-refractivity contribution in [1.29, 1.82) is 0 Å². The van der Waals surface area contributed by atoms with E-state index in [9.17, 15) is 4.79 Å². The molecule has 2 nitrogen and oxygen atoms in total. The minimum atomic E-state index is -0.173. The standard InChI is InChI=1S/C12H16O2/c1-9-7-8-11(14-12(9)13)10-5-3-2-4-6-10/h7-8,10H,2-6H2,1H3. The van der Waals surface area contributed by atoms with Crippen molar-refractivity contribution < 1.29 is 4.42 Å². The molecule has 1 saturated carbocycles. The van der Waals surface area contributed by atoms with Gasteiger partial charge in [-0.15, -0.1) is 0 Å². The fourth-order valence-corrected chi connectivity index (χ4v) is 2.10. The van der Waals surface area contributed by atoms with Gasteiger partial charge in [0.2, 0.25) is 0 Å². The van der Waals surface area contributed by atoms with Crippen LogP contribution in [0.3, 0.4) is 0 Å². The van der Waals surface area contributed by atoms with Crippen molar-refractivity contribution in [3.05, 3.63) is 33.9 Å². The van der Waals surface area contributed by atoms with Gasteiger partial charge in [0.25, 0.3) is 0 Å². The van der Waals surface area contributed by atoms with Crippen LogP contribution >= 0.6 is 0 Å². The summed E-state index contributed by atoms with van der Waals surface area (Å²) < 4.78 is 5.29. The van der Waals surface area contributed by atoms with Gasteiger partial charge in [-0.1, -0.05) is 19.3 Å². The molecule has 0 amide bonds. The molecule has 14 heavy (non-hydrogen) atoms. The summed E-state index contributed by atoms with van der Waals surface area (Å²) in [5, 5.41) is 0. The van der Waals surface area contributed by atoms with Gasteiger partial charge in [0.15, 0.2) is 0 Å². The Kier molecular flexibility index (Phi) is 2.71. The first-order valence-corrected chi connectivity index (χ1v) is 5.38. The van der Waals surface area contributed by atoms with E-state index in [-0.39, 0.29) is 5.63 Å². The predicted octanol–water partition coefficient (Wildman–Crippen LogP) is 3.00. The van der Waals surface area contributed by atoms with Gasteiger partial charge < -0.3 is 4.42 Å². The maximum Gasteiger partial charge on any atom is 0.338 e. The Hall–Kier alpha value is -1.05. The molecular weight excluding hydrogens is 176 g/mol. The van der Waals surface area contributed by atoms with Crippen molar-refractivity contribution in [1.82, 2.24) is 0 Å². The van der Waals surface area contributed by atoms with E-state index in [0.29, 0.717) is 11.5 Å². The van der Waals surface area contributed by atoms with Crippen molar-refractivity contribution in [2.75, 3.05) is 0 Å². The summed E-state index contributed by atoms with van der Waals surface area (Å²) in [6, 6.07) is 3.84. The summed E-state index contributed by atoms with van der Waals surface area (Å²) in [4.78, 5) is 11.3. The molecule has 1 heterocycles. The van der Waals surface area contributed by atoms with Crippen LogP contribution in [-0.4, -0.2) is 0 Å². The lowest BCUT2D eigenvalue weighted by atomic mass is 9.87. The Morgan fingerprint density at radius 1 is 1.21 bits per heavy atom. The van der Waals surface area contributed by atoms with E-state index in [2.05, 4.69) is 0 Å². The van der Waals surface area contributed by atoms with Crippen LogP contribution in [0.1, 0.15) is 49.3 Å². The molecule has 1 aliphatic carbocycles. The van der Waals surface area contributed by atoms with E-state index in [0.717, 1.165) is 5.76 Å². The fraction of sp³-hybridized carbons (Fsp3) is 0.583. The Morgan fingerprint density at radius 2 is 1.93 bits per heavy atom. The molecule has 0 aliphatic heterocycles. The van der Waals surface area contributed by atoms with Crippen LogP contribution < -0.4 is 5.63 Å². The third kappa shape index (κ3) is 1.89. The highest BCUT2D eigenvalue weighted by Crippen LogP contribution is 2.31. The molecule has 0 spiro atoms. The van der Waals surface area contributed by atoms with Crippen LogP contribution in [0.5, 0.6) is 0 Å². The number of hydrogen-bond donors (Lipinski definition) is 0. The average Bonchev–Trinajstić information content (AvgIpc) is 2.23. The third-order valence-corrected chi connectivity index (χ3v) is 3.04. The molecule has 1 aliphatic rings. The van der Waals surface area contributed by atoms with Crippen LogP contribution in [-0.2, 0) is 0 Å². The number of aryl methyl sites for hydroxylation is 1. The van der Waals surface area contributed by atoms with Crippen LogP contribution in [0.4, 0.5) is 0 Å². The first-order chi connectivity index (χ1) is 6.77. The maximum absolute atomic E-state index is 11.3. The van der Waals surface area contributed by atoms with E-state index in [1.807, 2.05) is 12.1 Å². The van der Waals surface area contributed by atoms with Crippen molar-refractivity contribution in [3.8, 4) is 0 Å². The monoisotopic (exact) mass is 192 g/mol. The van der Waals surface area contributed by atoms with Crippen molar-refractivity contribution >= 4 is 0 Å². The first-order valence-electron chi connectivity index (χ1n) is 5.38. The number of hydrogen-bond acceptors (Lipinski definition) is 2. The topological polar surface area (TPSA) is 30.2 Å². The van der Waals surface area contributed by atoms with Crippen LogP contribution in [0.25, 0.3) is 0 Å². The lowest BCUT2D eigenvalue weighted by Gasteiger charge is -2.20. The van der Waals surface area contributed by atoms with Crippen molar-refractivity contribution in [2.45, 2.75) is 44.9 Å². The summed E-state index contributed by atoms with van der Waals surface area (Å²) in [7, 11) is 0. The van der Waals surface area contributed by atoms with E-state index < -0.39 is 0 Å². The van der Waals surface area contributed by atoms with E-state index in [1.54, 1.807) is 6.92 Å². The molecule has 0 atom stereocenters. The van der Waals surface area contributed by atoms with Gasteiger partial charge in [-0.05, 0) is 31.9 Å². The second kappa shape index (κ2) is 3.99. The Labute approximate surface area is 83.9 Å². The zero-order chi connectivity index (χ0) is 9.97. The summed E-state index contributed by atoms with van der Waals surface area (Å²) in [6.07, 6.45) is 6.20. The molecule has 0 radical (unpaired) electrons. The van der Waals surface area contributed by atoms with Crippen LogP contribution in [0.15, 0.2) is 21.3 Å². The van der Waals surface area contributed by atoms with Gasteiger partial charge in [-0.3, -0.25) is 0 Å². The first kappa shape index (κ1) is 9.50. The Bertz CT molecular complexity index is 359. The fourth-order valence-electron chi connectivity index (χ4n) is 2.10. The molecule has 0 unspecified atom stereocenters. The van der Waals surface area contributed by atoms with Crippen molar-refractivity contribution in [3.63, 3.8) is 0 Å². The van der Waals surface area contributed by atoms with Gasteiger partial charge in [0.05, 0.1) is 0 Å². The molecule has 0 aromatic carbocycles. The second-order valence-electron chi connectivity index (χ2n) is 4.14. The van der Waals surface area contributed by atoms with Crippen molar-refractivity contribution in [2.24, 2.45) is 0 Å². The quantitative estimate of drug-likeness (QED) is 0.684. The summed E-state index contributed by atoms with van der Waals surface area (Å²) in [6.45, 7) is 1.79. The molecule has 2 rings (SSSR count). The molecule has 0 saturated heterocycles. The molecule has 0 bridgehead atoms. The zero-order valence-corrected chi connectivity index (χ0v) is 8.58. The van der Waals surface area contributed by atoms with Gasteiger partial charge in [-0.25, -0.2) is 4.79 Å². The largest absolute Gasteiger partial charge is 0.427 e. The molecule has 0 N–H and O–H groups in total. The summed E-state index contributed by atoms with van der Waals surface area (Å²) in [5.41, 5.74) is 0.526. The lowest BCUT2D eigenvalue weighted by molar-refractivity contribution is 0.354. The molecule has 1 aromatic rings. The SMILES string of the molecule is Cc1ccc(C2CCCCC2)oc1=O. The Balaban J connectivity index is 2.23. The molecule has 1 aromatic heterocycles. The van der Waals surface area contributed by atoms with Gasteiger partial charge in [-0.2, -0.15) is 0 Å². The third-order valence-electron chi connectivity index (χ3n) is 3.04. The number of rotatable bonds is 1. The zero-order valence-electron chi connectivity index (χ0n) is 8.58. The molecule has 2 heteroatoms. The second-order valence-corrected chi connectivity index (χ2v) is 4.14. The van der Waals surface area contributed by atoms with E-state index >= 15 is 0 Å². The van der Waals surface area contributed by atoms with Crippen LogP contribution in [0.2, 0.25) is 0 Å². The predicted molar refractivity (Wildman–Crippen MR) is 55.5 cm³/mol.